The fourth-order valence-electron chi connectivity index (χ4n) is 2.36. The lowest BCUT2D eigenvalue weighted by atomic mass is 10.0. The van der Waals surface area contributed by atoms with E-state index in [9.17, 15) is 0 Å². The summed E-state index contributed by atoms with van der Waals surface area (Å²) in [7, 11) is 0. The molecule has 0 bridgehead atoms. The summed E-state index contributed by atoms with van der Waals surface area (Å²) in [6.07, 6.45) is 1.03. The normalized spacial score (nSPS) is 12.1. The molecule has 0 saturated heterocycles. The lowest BCUT2D eigenvalue weighted by Crippen LogP contribution is -2.20. The highest BCUT2D eigenvalue weighted by Gasteiger charge is 2.09. The molecule has 3 nitrogen and oxygen atoms in total. The van der Waals surface area contributed by atoms with Gasteiger partial charge >= 0.3 is 0 Å². The highest BCUT2D eigenvalue weighted by Crippen LogP contribution is 2.21. The number of hydrogen-bond donors (Lipinski definition) is 2. The number of aliphatic hydroxyl groups is 1. The van der Waals surface area contributed by atoms with Crippen LogP contribution in [0.15, 0.2) is 54.6 Å². The molecule has 2 rings (SSSR count). The summed E-state index contributed by atoms with van der Waals surface area (Å²) in [5.74, 6) is 0.835. The van der Waals surface area contributed by atoms with Gasteiger partial charge in [0.05, 0.1) is 6.61 Å². The standard InChI is InChI=1S/C18H23NO2/c1-2-17(15-8-4-3-5-9-15)19-14-16-10-6-7-11-18(16)21-13-12-20/h3-11,17,19-20H,2,12-14H2,1H3. The van der Waals surface area contributed by atoms with Gasteiger partial charge in [0.2, 0.25) is 0 Å². The van der Waals surface area contributed by atoms with E-state index in [1.54, 1.807) is 0 Å². The maximum absolute atomic E-state index is 8.88. The van der Waals surface area contributed by atoms with Gasteiger partial charge in [0.25, 0.3) is 0 Å². The zero-order valence-electron chi connectivity index (χ0n) is 12.5. The van der Waals surface area contributed by atoms with Crippen LogP contribution < -0.4 is 10.1 Å². The topological polar surface area (TPSA) is 41.5 Å². The van der Waals surface area contributed by atoms with Gasteiger partial charge in [0.1, 0.15) is 12.4 Å². The molecule has 0 fully saturated rings. The summed E-state index contributed by atoms with van der Waals surface area (Å²) in [6.45, 7) is 3.28. The molecule has 21 heavy (non-hydrogen) atoms. The predicted octanol–water partition coefficient (Wildman–Crippen LogP) is 3.30. The van der Waals surface area contributed by atoms with Crippen molar-refractivity contribution >= 4 is 0 Å². The number of benzene rings is 2. The Labute approximate surface area is 126 Å². The van der Waals surface area contributed by atoms with Gasteiger partial charge in [0, 0.05) is 18.2 Å². The molecule has 0 aromatic heterocycles. The number of rotatable bonds is 8. The van der Waals surface area contributed by atoms with Crippen LogP contribution in [0.5, 0.6) is 5.75 Å². The van der Waals surface area contributed by atoms with E-state index in [0.29, 0.717) is 12.6 Å². The molecule has 0 aliphatic heterocycles. The molecule has 3 heteroatoms. The molecular formula is C18H23NO2. The number of hydrogen-bond acceptors (Lipinski definition) is 3. The zero-order chi connectivity index (χ0) is 14.9. The second-order valence-electron chi connectivity index (χ2n) is 4.93. The molecular weight excluding hydrogens is 262 g/mol. The first-order valence-electron chi connectivity index (χ1n) is 7.45. The van der Waals surface area contributed by atoms with E-state index in [-0.39, 0.29) is 6.61 Å². The fraction of sp³-hybridized carbons (Fsp3) is 0.333. The van der Waals surface area contributed by atoms with E-state index in [2.05, 4.69) is 42.6 Å². The van der Waals surface area contributed by atoms with Crippen LogP contribution in [0.2, 0.25) is 0 Å². The maximum Gasteiger partial charge on any atom is 0.123 e. The number of ether oxygens (including phenoxy) is 1. The number of nitrogens with one attached hydrogen (secondary N) is 1. The van der Waals surface area contributed by atoms with E-state index in [1.165, 1.54) is 5.56 Å². The SMILES string of the molecule is CCC(NCc1ccccc1OCCO)c1ccccc1. The lowest BCUT2D eigenvalue weighted by Gasteiger charge is -2.19. The van der Waals surface area contributed by atoms with Gasteiger partial charge in [-0.15, -0.1) is 0 Å². The summed E-state index contributed by atoms with van der Waals surface area (Å²) in [4.78, 5) is 0. The van der Waals surface area contributed by atoms with E-state index in [1.807, 2.05) is 24.3 Å². The van der Waals surface area contributed by atoms with Gasteiger partial charge in [0.15, 0.2) is 0 Å². The van der Waals surface area contributed by atoms with Crippen molar-refractivity contribution in [3.8, 4) is 5.75 Å². The highest BCUT2D eigenvalue weighted by atomic mass is 16.5. The molecule has 2 aromatic rings. The summed E-state index contributed by atoms with van der Waals surface area (Å²) in [5, 5.41) is 12.5. The molecule has 0 spiro atoms. The second-order valence-corrected chi connectivity index (χ2v) is 4.93. The largest absolute Gasteiger partial charge is 0.491 e. The Kier molecular flexibility index (Phi) is 6.25. The molecule has 0 heterocycles. The lowest BCUT2D eigenvalue weighted by molar-refractivity contribution is 0.200. The summed E-state index contributed by atoms with van der Waals surface area (Å²) in [5.41, 5.74) is 2.41. The molecule has 0 radical (unpaired) electrons. The maximum atomic E-state index is 8.88. The summed E-state index contributed by atoms with van der Waals surface area (Å²) in [6, 6.07) is 18.7. The minimum atomic E-state index is 0.0311. The van der Waals surface area contributed by atoms with Crippen molar-refractivity contribution in [2.75, 3.05) is 13.2 Å². The third-order valence-electron chi connectivity index (χ3n) is 3.47. The molecule has 1 unspecified atom stereocenters. The average molecular weight is 285 g/mol. The van der Waals surface area contributed by atoms with Gasteiger partial charge in [-0.1, -0.05) is 55.5 Å². The first kappa shape index (κ1) is 15.5. The van der Waals surface area contributed by atoms with Crippen molar-refractivity contribution in [3.05, 3.63) is 65.7 Å². The van der Waals surface area contributed by atoms with Crippen LogP contribution in [0.4, 0.5) is 0 Å². The predicted molar refractivity (Wildman–Crippen MR) is 85.3 cm³/mol. The molecule has 0 aliphatic carbocycles. The third-order valence-corrected chi connectivity index (χ3v) is 3.47. The fourth-order valence-corrected chi connectivity index (χ4v) is 2.36. The zero-order valence-corrected chi connectivity index (χ0v) is 12.5. The summed E-state index contributed by atoms with van der Waals surface area (Å²) >= 11 is 0. The Morgan fingerprint density at radius 3 is 2.48 bits per heavy atom. The van der Waals surface area contributed by atoms with Gasteiger partial charge in [-0.3, -0.25) is 0 Å². The first-order chi connectivity index (χ1) is 10.3. The van der Waals surface area contributed by atoms with Crippen molar-refractivity contribution in [2.45, 2.75) is 25.9 Å². The van der Waals surface area contributed by atoms with E-state index < -0.39 is 0 Å². The van der Waals surface area contributed by atoms with Crippen molar-refractivity contribution in [1.29, 1.82) is 0 Å². The number of aliphatic hydroxyl groups excluding tert-OH is 1. The monoisotopic (exact) mass is 285 g/mol. The first-order valence-corrected chi connectivity index (χ1v) is 7.45. The number of para-hydroxylation sites is 1. The van der Waals surface area contributed by atoms with Crippen molar-refractivity contribution in [3.63, 3.8) is 0 Å². The highest BCUT2D eigenvalue weighted by molar-refractivity contribution is 5.33. The molecule has 0 saturated carbocycles. The van der Waals surface area contributed by atoms with Crippen LogP contribution in [0, 0.1) is 0 Å². The van der Waals surface area contributed by atoms with E-state index in [4.69, 9.17) is 9.84 Å². The van der Waals surface area contributed by atoms with Crippen LogP contribution in [-0.2, 0) is 6.54 Å². The van der Waals surface area contributed by atoms with Crippen LogP contribution in [0.3, 0.4) is 0 Å². The average Bonchev–Trinajstić information content (AvgIpc) is 2.55. The van der Waals surface area contributed by atoms with Gasteiger partial charge in [-0.25, -0.2) is 0 Å². The molecule has 2 aromatic carbocycles. The van der Waals surface area contributed by atoms with Crippen LogP contribution in [0.1, 0.15) is 30.5 Å². The van der Waals surface area contributed by atoms with Crippen molar-refractivity contribution < 1.29 is 9.84 Å². The Bertz CT molecular complexity index is 528. The van der Waals surface area contributed by atoms with Gasteiger partial charge < -0.3 is 15.2 Å². The Balaban J connectivity index is 2.01. The molecule has 2 N–H and O–H groups in total. The van der Waals surface area contributed by atoms with Gasteiger partial charge in [-0.05, 0) is 18.1 Å². The van der Waals surface area contributed by atoms with Crippen LogP contribution >= 0.6 is 0 Å². The smallest absolute Gasteiger partial charge is 0.123 e. The second kappa shape index (κ2) is 8.45. The Hall–Kier alpha value is -1.84. The quantitative estimate of drug-likeness (QED) is 0.782. The molecule has 0 amide bonds. The minimum Gasteiger partial charge on any atom is -0.491 e. The Morgan fingerprint density at radius 2 is 1.76 bits per heavy atom. The van der Waals surface area contributed by atoms with E-state index in [0.717, 1.165) is 24.3 Å². The molecule has 1 atom stereocenters. The van der Waals surface area contributed by atoms with Crippen LogP contribution in [0.25, 0.3) is 0 Å². The molecule has 0 aliphatic rings. The van der Waals surface area contributed by atoms with Crippen molar-refractivity contribution in [1.82, 2.24) is 5.32 Å². The van der Waals surface area contributed by atoms with Crippen LogP contribution in [-0.4, -0.2) is 18.3 Å². The third kappa shape index (κ3) is 4.59. The summed E-state index contributed by atoms with van der Waals surface area (Å²) < 4.78 is 5.57. The Morgan fingerprint density at radius 1 is 1.05 bits per heavy atom. The minimum absolute atomic E-state index is 0.0311. The molecule has 112 valence electrons. The van der Waals surface area contributed by atoms with E-state index >= 15 is 0 Å². The van der Waals surface area contributed by atoms with Gasteiger partial charge in [-0.2, -0.15) is 0 Å². The van der Waals surface area contributed by atoms with Crippen molar-refractivity contribution in [2.24, 2.45) is 0 Å².